The molecule has 0 amide bonds. The molecule has 1 aromatic rings. The average molecular weight is 267 g/mol. The Morgan fingerprint density at radius 3 is 2.59 bits per heavy atom. The van der Waals surface area contributed by atoms with Gasteiger partial charge in [-0.15, -0.1) is 0 Å². The lowest BCUT2D eigenvalue weighted by Gasteiger charge is -2.07. The molecular weight excluding hydrogens is 262 g/mol. The zero-order chi connectivity index (χ0) is 13.2. The molecule has 6 nitrogen and oxygen atoms in total. The summed E-state index contributed by atoms with van der Waals surface area (Å²) in [5, 5.41) is 9.26. The molecule has 0 fully saturated rings. The highest BCUT2D eigenvalue weighted by atomic mass is 35.5. The van der Waals surface area contributed by atoms with Crippen molar-refractivity contribution in [2.75, 3.05) is 7.11 Å². The van der Waals surface area contributed by atoms with Gasteiger partial charge in [-0.3, -0.25) is 14.9 Å². The van der Waals surface area contributed by atoms with Gasteiger partial charge in [0, 0.05) is 0 Å². The molecule has 0 aliphatic carbocycles. The first kappa shape index (κ1) is 13.2. The summed E-state index contributed by atoms with van der Waals surface area (Å²) >= 11 is 5.04. The maximum atomic E-state index is 12.6. The lowest BCUT2D eigenvalue weighted by molar-refractivity contribution is -0.385. The third-order valence-electron chi connectivity index (χ3n) is 1.81. The van der Waals surface area contributed by atoms with E-state index in [1.54, 1.807) is 0 Å². The van der Waals surface area contributed by atoms with Crippen LogP contribution >= 0.6 is 11.6 Å². The molecule has 1 heterocycles. The van der Waals surface area contributed by atoms with Crippen LogP contribution in [0.3, 0.4) is 0 Å². The number of alkyl halides is 2. The molecule has 17 heavy (non-hydrogen) atoms. The van der Waals surface area contributed by atoms with E-state index >= 15 is 0 Å². The molecule has 9 heteroatoms. The second-order valence-corrected chi connectivity index (χ2v) is 3.12. The van der Waals surface area contributed by atoms with Gasteiger partial charge in [-0.25, -0.2) is 13.8 Å². The summed E-state index contributed by atoms with van der Waals surface area (Å²) in [4.78, 5) is 23.8. The van der Waals surface area contributed by atoms with Gasteiger partial charge in [-0.1, -0.05) is 0 Å². The first-order valence-corrected chi connectivity index (χ1v) is 4.47. The first-order chi connectivity index (χ1) is 7.88. The fourth-order valence-electron chi connectivity index (χ4n) is 1.14. The van der Waals surface area contributed by atoms with Gasteiger partial charge in [0.25, 0.3) is 17.4 Å². The highest BCUT2D eigenvalue weighted by Crippen LogP contribution is 2.32. The Morgan fingerprint density at radius 2 is 2.24 bits per heavy atom. The van der Waals surface area contributed by atoms with Crippen LogP contribution in [0.5, 0.6) is 5.88 Å². The van der Waals surface area contributed by atoms with E-state index in [4.69, 9.17) is 11.6 Å². The summed E-state index contributed by atoms with van der Waals surface area (Å²) in [5.41, 5.74) is -2.87. The molecule has 0 aromatic carbocycles. The first-order valence-electron chi connectivity index (χ1n) is 4.09. The van der Waals surface area contributed by atoms with Crippen molar-refractivity contribution in [2.24, 2.45) is 0 Å². The Bertz CT molecular complexity index is 481. The molecule has 92 valence electrons. The zero-order valence-corrected chi connectivity index (χ0v) is 9.07. The fourth-order valence-corrected chi connectivity index (χ4v) is 1.33. The monoisotopic (exact) mass is 266 g/mol. The number of hydrogen-bond donors (Lipinski definition) is 0. The van der Waals surface area contributed by atoms with Crippen LogP contribution in [0.1, 0.15) is 22.5 Å². The molecule has 0 atom stereocenters. The van der Waals surface area contributed by atoms with Crippen molar-refractivity contribution in [1.29, 1.82) is 0 Å². The number of carbonyl (C=O) groups is 1. The van der Waals surface area contributed by atoms with Crippen molar-refractivity contribution >= 4 is 22.5 Å². The molecule has 0 saturated carbocycles. The predicted octanol–water partition coefficient (Wildman–Crippen LogP) is 2.32. The lowest BCUT2D eigenvalue weighted by atomic mass is 10.1. The Hall–Kier alpha value is -1.83. The maximum Gasteiger partial charge on any atom is 0.288 e. The average Bonchev–Trinajstić information content (AvgIpc) is 2.26. The molecule has 1 aromatic heterocycles. The summed E-state index contributed by atoms with van der Waals surface area (Å²) in [6.45, 7) is 0. The van der Waals surface area contributed by atoms with E-state index < -0.39 is 39.4 Å². The van der Waals surface area contributed by atoms with Gasteiger partial charge in [0.1, 0.15) is 11.3 Å². The number of aromatic nitrogens is 1. The Labute approximate surface area is 98.3 Å². The van der Waals surface area contributed by atoms with Crippen molar-refractivity contribution in [3.8, 4) is 5.88 Å². The van der Waals surface area contributed by atoms with Crippen LogP contribution in [0.25, 0.3) is 0 Å². The molecule has 0 N–H and O–H groups in total. The van der Waals surface area contributed by atoms with Crippen LogP contribution < -0.4 is 4.74 Å². The van der Waals surface area contributed by atoms with Crippen molar-refractivity contribution in [1.82, 2.24) is 4.98 Å². The number of pyridine rings is 1. The molecule has 0 aliphatic rings. The van der Waals surface area contributed by atoms with Crippen molar-refractivity contribution in [3.05, 3.63) is 27.4 Å². The molecule has 0 saturated heterocycles. The lowest BCUT2D eigenvalue weighted by Crippen LogP contribution is -2.08. The minimum absolute atomic E-state index is 0.395. The summed E-state index contributed by atoms with van der Waals surface area (Å²) in [6.07, 6.45) is -3.18. The summed E-state index contributed by atoms with van der Waals surface area (Å²) in [5.74, 6) is -0.395. The molecule has 0 radical (unpaired) electrons. The molecule has 0 unspecified atom stereocenters. The molecule has 0 bridgehead atoms. The van der Waals surface area contributed by atoms with Gasteiger partial charge in [-0.2, -0.15) is 0 Å². The highest BCUT2D eigenvalue weighted by molar-refractivity contribution is 6.68. The van der Waals surface area contributed by atoms with Gasteiger partial charge in [0.2, 0.25) is 5.88 Å². The standard InChI is InChI=1S/C8H5ClF2N2O4/c1-17-4-2-3(13(15)16)5(7(9)14)6(12-4)8(10)11/h2,8H,1H3. The fraction of sp³-hybridized carbons (Fsp3) is 0.250. The Morgan fingerprint density at radius 1 is 1.65 bits per heavy atom. The number of nitro groups is 1. The number of rotatable bonds is 4. The number of nitrogens with zero attached hydrogens (tertiary/aromatic N) is 2. The highest BCUT2D eigenvalue weighted by Gasteiger charge is 2.30. The topological polar surface area (TPSA) is 82.3 Å². The third kappa shape index (κ3) is 2.64. The van der Waals surface area contributed by atoms with E-state index in [1.807, 2.05) is 0 Å². The van der Waals surface area contributed by atoms with Crippen LogP contribution in [-0.2, 0) is 0 Å². The van der Waals surface area contributed by atoms with E-state index in [1.165, 1.54) is 0 Å². The Kier molecular flexibility index (Phi) is 3.89. The molecular formula is C8H5ClF2N2O4. The zero-order valence-electron chi connectivity index (χ0n) is 8.32. The van der Waals surface area contributed by atoms with Crippen LogP contribution in [0.15, 0.2) is 6.07 Å². The van der Waals surface area contributed by atoms with Gasteiger partial charge in [0.15, 0.2) is 0 Å². The maximum absolute atomic E-state index is 12.6. The summed E-state index contributed by atoms with van der Waals surface area (Å²) in [6, 6.07) is 0.751. The SMILES string of the molecule is COc1cc([N+](=O)[O-])c(C(=O)Cl)c(C(F)F)n1. The van der Waals surface area contributed by atoms with E-state index in [2.05, 4.69) is 9.72 Å². The quantitative estimate of drug-likeness (QED) is 0.474. The summed E-state index contributed by atoms with van der Waals surface area (Å²) in [7, 11) is 1.10. The number of ether oxygens (including phenoxy) is 1. The second kappa shape index (κ2) is 5.00. The molecule has 1 rings (SSSR count). The minimum atomic E-state index is -3.18. The number of methoxy groups -OCH3 is 1. The predicted molar refractivity (Wildman–Crippen MR) is 52.6 cm³/mol. The van der Waals surface area contributed by atoms with Gasteiger partial charge < -0.3 is 4.74 Å². The van der Waals surface area contributed by atoms with Crippen molar-refractivity contribution in [3.63, 3.8) is 0 Å². The molecule has 0 spiro atoms. The summed E-state index contributed by atoms with van der Waals surface area (Å²) < 4.78 is 29.7. The number of halogens is 3. The van der Waals surface area contributed by atoms with Crippen molar-refractivity contribution in [2.45, 2.75) is 6.43 Å². The van der Waals surface area contributed by atoms with E-state index in [0.29, 0.717) is 0 Å². The van der Waals surface area contributed by atoms with E-state index in [9.17, 15) is 23.7 Å². The third-order valence-corrected chi connectivity index (χ3v) is 2.00. The number of carbonyl (C=O) groups excluding carboxylic acids is 1. The van der Waals surface area contributed by atoms with Crippen molar-refractivity contribution < 1.29 is 23.2 Å². The van der Waals surface area contributed by atoms with Gasteiger partial charge in [-0.05, 0) is 11.6 Å². The smallest absolute Gasteiger partial charge is 0.288 e. The second-order valence-electron chi connectivity index (χ2n) is 2.78. The molecule has 0 aliphatic heterocycles. The number of hydrogen-bond acceptors (Lipinski definition) is 5. The Balaban J connectivity index is 3.61. The van der Waals surface area contributed by atoms with Gasteiger partial charge >= 0.3 is 0 Å². The van der Waals surface area contributed by atoms with Gasteiger partial charge in [0.05, 0.1) is 18.1 Å². The van der Waals surface area contributed by atoms with Crippen LogP contribution in [0, 0.1) is 10.1 Å². The largest absolute Gasteiger partial charge is 0.481 e. The van der Waals surface area contributed by atoms with E-state index in [0.717, 1.165) is 13.2 Å². The van der Waals surface area contributed by atoms with Crippen LogP contribution in [0.2, 0.25) is 0 Å². The van der Waals surface area contributed by atoms with Crippen LogP contribution in [0.4, 0.5) is 14.5 Å². The minimum Gasteiger partial charge on any atom is -0.481 e. The van der Waals surface area contributed by atoms with Crippen LogP contribution in [-0.4, -0.2) is 22.3 Å². The van der Waals surface area contributed by atoms with E-state index in [-0.39, 0.29) is 0 Å². The normalized spacial score (nSPS) is 10.4.